The van der Waals surface area contributed by atoms with E-state index in [2.05, 4.69) is 25.2 Å². The second-order valence-electron chi connectivity index (χ2n) is 8.10. The SMILES string of the molecule is O=C(NCc1ccc(S(=O)(=O)c2ccc(N3CCCCC3)nc2)cn1)c1cc2ccncc2o1. The highest BCUT2D eigenvalue weighted by Gasteiger charge is 2.20. The molecule has 174 valence electrons. The van der Waals surface area contributed by atoms with Crippen molar-refractivity contribution < 1.29 is 17.6 Å². The Kier molecular flexibility index (Phi) is 5.97. The van der Waals surface area contributed by atoms with Crippen LogP contribution in [0.3, 0.4) is 0 Å². The maximum Gasteiger partial charge on any atom is 0.287 e. The van der Waals surface area contributed by atoms with Gasteiger partial charge in [-0.1, -0.05) is 0 Å². The number of nitrogens with one attached hydrogen (secondary N) is 1. The smallest absolute Gasteiger partial charge is 0.287 e. The number of furan rings is 1. The summed E-state index contributed by atoms with van der Waals surface area (Å²) in [6.45, 7) is 2.00. The zero-order chi connectivity index (χ0) is 23.5. The van der Waals surface area contributed by atoms with Gasteiger partial charge in [0.15, 0.2) is 11.3 Å². The van der Waals surface area contributed by atoms with Crippen LogP contribution in [0.2, 0.25) is 0 Å². The lowest BCUT2D eigenvalue weighted by Gasteiger charge is -2.27. The molecule has 0 saturated carbocycles. The minimum atomic E-state index is -3.74. The zero-order valence-corrected chi connectivity index (χ0v) is 19.2. The molecule has 1 aliphatic rings. The van der Waals surface area contributed by atoms with Crippen molar-refractivity contribution >= 4 is 32.5 Å². The Morgan fingerprint density at radius 3 is 2.41 bits per heavy atom. The number of nitrogens with zero attached hydrogens (tertiary/aromatic N) is 4. The number of pyridine rings is 3. The van der Waals surface area contributed by atoms with Crippen molar-refractivity contribution in [3.8, 4) is 0 Å². The lowest BCUT2D eigenvalue weighted by Crippen LogP contribution is -2.30. The summed E-state index contributed by atoms with van der Waals surface area (Å²) in [6, 6.07) is 9.79. The molecule has 5 heterocycles. The van der Waals surface area contributed by atoms with Crippen LogP contribution in [0.4, 0.5) is 5.82 Å². The van der Waals surface area contributed by atoms with E-state index in [9.17, 15) is 13.2 Å². The molecule has 1 fully saturated rings. The molecule has 34 heavy (non-hydrogen) atoms. The number of sulfone groups is 1. The predicted molar refractivity (Wildman–Crippen MR) is 125 cm³/mol. The number of anilines is 1. The number of fused-ring (bicyclic) bond motifs is 1. The van der Waals surface area contributed by atoms with Gasteiger partial charge < -0.3 is 14.6 Å². The fraction of sp³-hybridized carbons (Fsp3) is 0.250. The number of hydrogen-bond donors (Lipinski definition) is 1. The zero-order valence-electron chi connectivity index (χ0n) is 18.3. The molecule has 10 heteroatoms. The highest BCUT2D eigenvalue weighted by Crippen LogP contribution is 2.23. The van der Waals surface area contributed by atoms with Gasteiger partial charge in [-0.3, -0.25) is 14.8 Å². The third-order valence-corrected chi connectivity index (χ3v) is 7.52. The van der Waals surface area contributed by atoms with E-state index < -0.39 is 15.7 Å². The average molecular weight is 478 g/mol. The molecule has 0 radical (unpaired) electrons. The van der Waals surface area contributed by atoms with Crippen LogP contribution in [0.5, 0.6) is 0 Å². The molecule has 9 nitrogen and oxygen atoms in total. The van der Waals surface area contributed by atoms with Crippen molar-refractivity contribution in [3.63, 3.8) is 0 Å². The number of carbonyl (C=O) groups is 1. The monoisotopic (exact) mass is 477 g/mol. The van der Waals surface area contributed by atoms with E-state index in [0.29, 0.717) is 11.3 Å². The minimum Gasteiger partial charge on any atom is -0.449 e. The van der Waals surface area contributed by atoms with Gasteiger partial charge in [0.2, 0.25) is 9.84 Å². The fourth-order valence-electron chi connectivity index (χ4n) is 3.91. The molecule has 1 aliphatic heterocycles. The quantitative estimate of drug-likeness (QED) is 0.449. The van der Waals surface area contributed by atoms with Crippen molar-refractivity contribution in [1.82, 2.24) is 20.3 Å². The van der Waals surface area contributed by atoms with Gasteiger partial charge in [0, 0.05) is 37.1 Å². The molecule has 5 rings (SSSR count). The number of rotatable bonds is 6. The van der Waals surface area contributed by atoms with E-state index in [0.717, 1.165) is 37.1 Å². The van der Waals surface area contributed by atoms with E-state index in [1.165, 1.54) is 24.9 Å². The van der Waals surface area contributed by atoms with Gasteiger partial charge in [-0.25, -0.2) is 13.4 Å². The lowest BCUT2D eigenvalue weighted by atomic mass is 10.1. The van der Waals surface area contributed by atoms with E-state index in [4.69, 9.17) is 4.42 Å². The van der Waals surface area contributed by atoms with Crippen molar-refractivity contribution in [2.24, 2.45) is 0 Å². The van der Waals surface area contributed by atoms with Crippen molar-refractivity contribution in [2.75, 3.05) is 18.0 Å². The summed E-state index contributed by atoms with van der Waals surface area (Å²) in [5.74, 6) is 0.570. The number of carbonyl (C=O) groups excluding carboxylic acids is 1. The predicted octanol–water partition coefficient (Wildman–Crippen LogP) is 3.37. The molecule has 0 bridgehead atoms. The highest BCUT2D eigenvalue weighted by molar-refractivity contribution is 7.91. The molecule has 1 saturated heterocycles. The lowest BCUT2D eigenvalue weighted by molar-refractivity contribution is 0.0925. The van der Waals surface area contributed by atoms with Gasteiger partial charge in [0.25, 0.3) is 5.91 Å². The Morgan fingerprint density at radius 2 is 1.74 bits per heavy atom. The van der Waals surface area contributed by atoms with E-state index >= 15 is 0 Å². The van der Waals surface area contributed by atoms with Gasteiger partial charge >= 0.3 is 0 Å². The fourth-order valence-corrected chi connectivity index (χ4v) is 5.06. The van der Waals surface area contributed by atoms with Gasteiger partial charge in [-0.05, 0) is 55.7 Å². The Balaban J connectivity index is 1.24. The van der Waals surface area contributed by atoms with E-state index in [-0.39, 0.29) is 22.1 Å². The second-order valence-corrected chi connectivity index (χ2v) is 10.0. The van der Waals surface area contributed by atoms with Crippen molar-refractivity contribution in [2.45, 2.75) is 35.6 Å². The molecule has 1 amide bonds. The molecular formula is C24H23N5O4S. The Bertz CT molecular complexity index is 1380. The summed E-state index contributed by atoms with van der Waals surface area (Å²) in [4.78, 5) is 27.3. The third kappa shape index (κ3) is 4.49. The molecule has 4 aromatic rings. The first kappa shape index (κ1) is 22.0. The van der Waals surface area contributed by atoms with Crippen LogP contribution in [0.15, 0.2) is 75.4 Å². The molecule has 0 aliphatic carbocycles. The molecule has 4 aromatic heterocycles. The van der Waals surface area contributed by atoms with Crippen molar-refractivity contribution in [1.29, 1.82) is 0 Å². The first-order chi connectivity index (χ1) is 16.5. The van der Waals surface area contributed by atoms with Crippen LogP contribution >= 0.6 is 0 Å². The van der Waals surface area contributed by atoms with Gasteiger partial charge in [0.1, 0.15) is 5.82 Å². The number of piperidine rings is 1. The van der Waals surface area contributed by atoms with E-state index in [1.807, 2.05) is 0 Å². The van der Waals surface area contributed by atoms with Crippen LogP contribution in [0.25, 0.3) is 11.0 Å². The van der Waals surface area contributed by atoms with Gasteiger partial charge in [-0.15, -0.1) is 0 Å². The molecule has 1 N–H and O–H groups in total. The Labute approximate surface area is 196 Å². The number of aromatic nitrogens is 3. The molecular weight excluding hydrogens is 454 g/mol. The Hall–Kier alpha value is -3.79. The first-order valence-electron chi connectivity index (χ1n) is 11.0. The van der Waals surface area contributed by atoms with Crippen molar-refractivity contribution in [3.05, 3.63) is 72.6 Å². The maximum absolute atomic E-state index is 13.0. The summed E-state index contributed by atoms with van der Waals surface area (Å²) in [5.41, 5.74) is 1.04. The van der Waals surface area contributed by atoms with E-state index in [1.54, 1.807) is 42.7 Å². The summed E-state index contributed by atoms with van der Waals surface area (Å²) >= 11 is 0. The normalized spacial score (nSPS) is 14.3. The average Bonchev–Trinajstić information content (AvgIpc) is 3.33. The molecule has 0 spiro atoms. The van der Waals surface area contributed by atoms with Crippen LogP contribution < -0.4 is 10.2 Å². The van der Waals surface area contributed by atoms with Crippen LogP contribution in [0, 0.1) is 0 Å². The van der Waals surface area contributed by atoms with Gasteiger partial charge in [-0.2, -0.15) is 0 Å². The third-order valence-electron chi connectivity index (χ3n) is 5.80. The van der Waals surface area contributed by atoms with Gasteiger partial charge in [0.05, 0.1) is 28.2 Å². The largest absolute Gasteiger partial charge is 0.449 e. The molecule has 0 atom stereocenters. The standard InChI is InChI=1S/C24H23N5O4S/c30-24(21-12-17-8-9-25-16-22(17)33-21)28-13-18-4-5-19(14-26-18)34(31,32)20-6-7-23(27-15-20)29-10-2-1-3-11-29/h4-9,12,14-16H,1-3,10-11,13H2,(H,28,30). The number of amides is 1. The van der Waals surface area contributed by atoms with Crippen LogP contribution in [-0.2, 0) is 16.4 Å². The summed E-state index contributed by atoms with van der Waals surface area (Å²) < 4.78 is 31.5. The Morgan fingerprint density at radius 1 is 0.971 bits per heavy atom. The van der Waals surface area contributed by atoms with Crippen LogP contribution in [-0.4, -0.2) is 42.4 Å². The number of hydrogen-bond acceptors (Lipinski definition) is 8. The highest BCUT2D eigenvalue weighted by atomic mass is 32.2. The topological polar surface area (TPSA) is 118 Å². The minimum absolute atomic E-state index is 0.0693. The summed E-state index contributed by atoms with van der Waals surface area (Å²) in [6.07, 6.45) is 9.32. The molecule has 0 unspecified atom stereocenters. The summed E-state index contributed by atoms with van der Waals surface area (Å²) in [7, 11) is -3.74. The second kappa shape index (κ2) is 9.22. The first-order valence-corrected chi connectivity index (χ1v) is 12.5. The van der Waals surface area contributed by atoms with Crippen LogP contribution in [0.1, 0.15) is 35.5 Å². The molecule has 0 aromatic carbocycles. The summed E-state index contributed by atoms with van der Waals surface area (Å²) in [5, 5.41) is 3.51. The maximum atomic E-state index is 13.0.